The van der Waals surface area contributed by atoms with Crippen LogP contribution in [0, 0.1) is 5.92 Å². The minimum atomic E-state index is -4.60. The molecule has 1 aromatic rings. The van der Waals surface area contributed by atoms with E-state index in [1.165, 1.54) is 12.1 Å². The maximum Gasteiger partial charge on any atom is 0.417 e. The molecule has 1 N–H and O–H groups in total. The smallest absolute Gasteiger partial charge is 0.345 e. The van der Waals surface area contributed by atoms with Crippen molar-refractivity contribution >= 4 is 11.7 Å². The fraction of sp³-hybridized carbons (Fsp3) is 0.385. The molecule has 0 spiro atoms. The second-order valence-corrected chi connectivity index (χ2v) is 4.35. The number of amides is 1. The van der Waals surface area contributed by atoms with Crippen LogP contribution in [0.5, 0.6) is 0 Å². The topological polar surface area (TPSA) is 46.2 Å². The molecule has 0 atom stereocenters. The summed E-state index contributed by atoms with van der Waals surface area (Å²) in [7, 11) is 0. The van der Waals surface area contributed by atoms with E-state index in [9.17, 15) is 22.8 Å². The number of Topliss-reactive ketones (excluding diaryl/α,β-unsaturated/α-hetero) is 1. The van der Waals surface area contributed by atoms with Crippen molar-refractivity contribution in [2.45, 2.75) is 20.0 Å². The van der Waals surface area contributed by atoms with Crippen molar-refractivity contribution in [2.24, 2.45) is 5.92 Å². The number of benzene rings is 1. The summed E-state index contributed by atoms with van der Waals surface area (Å²) >= 11 is 0. The summed E-state index contributed by atoms with van der Waals surface area (Å²) in [6, 6.07) is 4.46. The number of alkyl halides is 3. The molecule has 1 rings (SSSR count). The van der Waals surface area contributed by atoms with Crippen molar-refractivity contribution < 1.29 is 22.8 Å². The Labute approximate surface area is 108 Å². The van der Waals surface area contributed by atoms with Crippen LogP contribution in [0.4, 0.5) is 13.2 Å². The molecule has 0 fully saturated rings. The molecule has 3 nitrogen and oxygen atoms in total. The van der Waals surface area contributed by atoms with Crippen molar-refractivity contribution in [3.05, 3.63) is 35.4 Å². The molecule has 6 heteroatoms. The Morgan fingerprint density at radius 1 is 1.21 bits per heavy atom. The molecule has 1 aromatic carbocycles. The molecule has 0 unspecified atom stereocenters. The van der Waals surface area contributed by atoms with Gasteiger partial charge >= 0.3 is 6.18 Å². The molecule has 0 saturated heterocycles. The average Bonchev–Trinajstić information content (AvgIpc) is 2.34. The fourth-order valence-electron chi connectivity index (χ4n) is 1.40. The highest BCUT2D eigenvalue weighted by Crippen LogP contribution is 2.31. The van der Waals surface area contributed by atoms with Gasteiger partial charge in [-0.2, -0.15) is 13.2 Å². The molecule has 0 aliphatic heterocycles. The van der Waals surface area contributed by atoms with Gasteiger partial charge in [-0.15, -0.1) is 0 Å². The van der Waals surface area contributed by atoms with Crippen molar-refractivity contribution in [3.63, 3.8) is 0 Å². The molecular weight excluding hydrogens is 259 g/mol. The first-order valence-corrected chi connectivity index (χ1v) is 5.70. The van der Waals surface area contributed by atoms with Crippen LogP contribution >= 0.6 is 0 Å². The lowest BCUT2D eigenvalue weighted by Gasteiger charge is -2.12. The minimum absolute atomic E-state index is 0.238. The highest BCUT2D eigenvalue weighted by molar-refractivity contribution is 5.98. The second-order valence-electron chi connectivity index (χ2n) is 4.35. The van der Waals surface area contributed by atoms with Crippen LogP contribution in [0.2, 0.25) is 0 Å². The van der Waals surface area contributed by atoms with Gasteiger partial charge in [-0.05, 0) is 12.1 Å². The van der Waals surface area contributed by atoms with Crippen LogP contribution in [0.1, 0.15) is 29.8 Å². The van der Waals surface area contributed by atoms with Crippen LogP contribution in [-0.2, 0) is 11.0 Å². The van der Waals surface area contributed by atoms with Gasteiger partial charge in [0.2, 0.25) is 0 Å². The van der Waals surface area contributed by atoms with Gasteiger partial charge in [0.05, 0.1) is 17.7 Å². The molecule has 0 radical (unpaired) electrons. The Kier molecular flexibility index (Phi) is 4.69. The van der Waals surface area contributed by atoms with Crippen LogP contribution in [0.25, 0.3) is 0 Å². The largest absolute Gasteiger partial charge is 0.417 e. The lowest BCUT2D eigenvalue weighted by Crippen LogP contribution is -2.32. The molecule has 0 aliphatic carbocycles. The van der Waals surface area contributed by atoms with E-state index in [0.717, 1.165) is 12.1 Å². The Balaban J connectivity index is 2.86. The van der Waals surface area contributed by atoms with Gasteiger partial charge in [-0.1, -0.05) is 26.0 Å². The number of carbonyl (C=O) groups excluding carboxylic acids is 2. The first-order valence-electron chi connectivity index (χ1n) is 5.70. The van der Waals surface area contributed by atoms with Gasteiger partial charge < -0.3 is 5.32 Å². The zero-order valence-electron chi connectivity index (χ0n) is 10.5. The van der Waals surface area contributed by atoms with Gasteiger partial charge in [0, 0.05) is 5.92 Å². The Hall–Kier alpha value is -1.85. The first-order chi connectivity index (χ1) is 8.73. The Morgan fingerprint density at radius 3 is 2.32 bits per heavy atom. The van der Waals surface area contributed by atoms with E-state index in [1.807, 2.05) is 0 Å². The highest BCUT2D eigenvalue weighted by atomic mass is 19.4. The van der Waals surface area contributed by atoms with E-state index in [0.29, 0.717) is 0 Å². The third-order valence-electron chi connectivity index (χ3n) is 2.54. The van der Waals surface area contributed by atoms with Crippen molar-refractivity contribution in [1.29, 1.82) is 0 Å². The Morgan fingerprint density at radius 2 is 1.79 bits per heavy atom. The summed E-state index contributed by atoms with van der Waals surface area (Å²) in [6.07, 6.45) is -4.60. The van der Waals surface area contributed by atoms with Crippen LogP contribution in [0.3, 0.4) is 0 Å². The predicted molar refractivity (Wildman–Crippen MR) is 63.6 cm³/mol. The van der Waals surface area contributed by atoms with Gasteiger partial charge in [-0.3, -0.25) is 9.59 Å². The van der Waals surface area contributed by atoms with Crippen LogP contribution in [0.15, 0.2) is 24.3 Å². The lowest BCUT2D eigenvalue weighted by atomic mass is 10.1. The molecule has 104 valence electrons. The van der Waals surface area contributed by atoms with Crippen molar-refractivity contribution in [2.75, 3.05) is 6.54 Å². The predicted octanol–water partition coefficient (Wildman–Crippen LogP) is 2.66. The van der Waals surface area contributed by atoms with E-state index in [-0.39, 0.29) is 18.2 Å². The molecule has 0 saturated carbocycles. The number of hydrogen-bond donors (Lipinski definition) is 1. The third kappa shape index (κ3) is 4.08. The maximum absolute atomic E-state index is 12.7. The Bertz CT molecular complexity index is 481. The molecule has 0 heterocycles. The van der Waals surface area contributed by atoms with Gasteiger partial charge in [0.25, 0.3) is 5.91 Å². The van der Waals surface area contributed by atoms with Crippen molar-refractivity contribution in [1.82, 2.24) is 5.32 Å². The monoisotopic (exact) mass is 273 g/mol. The zero-order valence-corrected chi connectivity index (χ0v) is 10.5. The second kappa shape index (κ2) is 5.86. The standard InChI is InChI=1S/C13H14F3NO2/c1-8(2)11(18)7-17-12(19)9-5-3-4-6-10(9)13(14,15)16/h3-6,8H,7H2,1-2H3,(H,17,19). The molecule has 1 amide bonds. The number of nitrogens with one attached hydrogen (secondary N) is 1. The summed E-state index contributed by atoms with van der Waals surface area (Å²) < 4.78 is 38.1. The van der Waals surface area contributed by atoms with Crippen LogP contribution in [-0.4, -0.2) is 18.2 Å². The highest BCUT2D eigenvalue weighted by Gasteiger charge is 2.34. The summed E-state index contributed by atoms with van der Waals surface area (Å²) in [6.45, 7) is 3.03. The molecule has 19 heavy (non-hydrogen) atoms. The number of ketones is 1. The first kappa shape index (κ1) is 15.2. The molecule has 0 aliphatic rings. The van der Waals surface area contributed by atoms with E-state index < -0.39 is 23.2 Å². The summed E-state index contributed by atoms with van der Waals surface area (Å²) in [4.78, 5) is 23.0. The van der Waals surface area contributed by atoms with Gasteiger partial charge in [-0.25, -0.2) is 0 Å². The maximum atomic E-state index is 12.7. The number of rotatable bonds is 4. The normalized spacial score (nSPS) is 11.5. The number of hydrogen-bond acceptors (Lipinski definition) is 2. The minimum Gasteiger partial charge on any atom is -0.345 e. The van der Waals surface area contributed by atoms with E-state index in [4.69, 9.17) is 0 Å². The zero-order chi connectivity index (χ0) is 14.6. The lowest BCUT2D eigenvalue weighted by molar-refractivity contribution is -0.137. The SMILES string of the molecule is CC(C)C(=O)CNC(=O)c1ccccc1C(F)(F)F. The van der Waals surface area contributed by atoms with E-state index in [2.05, 4.69) is 5.32 Å². The van der Waals surface area contributed by atoms with Crippen molar-refractivity contribution in [3.8, 4) is 0 Å². The number of halogens is 3. The van der Waals surface area contributed by atoms with Gasteiger partial charge in [0.1, 0.15) is 0 Å². The third-order valence-corrected chi connectivity index (χ3v) is 2.54. The number of carbonyl (C=O) groups is 2. The molecular formula is C13H14F3NO2. The quantitative estimate of drug-likeness (QED) is 0.916. The van der Waals surface area contributed by atoms with Gasteiger partial charge in [0.15, 0.2) is 5.78 Å². The fourth-order valence-corrected chi connectivity index (χ4v) is 1.40. The summed E-state index contributed by atoms with van der Waals surface area (Å²) in [5.41, 5.74) is -1.49. The van der Waals surface area contributed by atoms with E-state index in [1.54, 1.807) is 13.8 Å². The molecule has 0 aromatic heterocycles. The summed E-state index contributed by atoms with van der Waals surface area (Å²) in [5, 5.41) is 2.20. The average molecular weight is 273 g/mol. The van der Waals surface area contributed by atoms with Crippen LogP contribution < -0.4 is 5.32 Å². The molecule has 0 bridgehead atoms. The van der Waals surface area contributed by atoms with E-state index >= 15 is 0 Å². The summed E-state index contributed by atoms with van der Waals surface area (Å²) in [5.74, 6) is -1.42.